The van der Waals surface area contributed by atoms with Gasteiger partial charge >= 0.3 is 0 Å². The lowest BCUT2D eigenvalue weighted by Gasteiger charge is -2.24. The Labute approximate surface area is 226 Å². The van der Waals surface area contributed by atoms with E-state index in [-0.39, 0.29) is 29.7 Å². The summed E-state index contributed by atoms with van der Waals surface area (Å²) in [5.41, 5.74) is 2.74. The highest BCUT2D eigenvalue weighted by atomic mass is 19.1. The van der Waals surface area contributed by atoms with Crippen molar-refractivity contribution in [3.8, 4) is 23.0 Å². The van der Waals surface area contributed by atoms with Gasteiger partial charge in [-0.25, -0.2) is 14.4 Å². The zero-order valence-electron chi connectivity index (χ0n) is 21.4. The number of halogens is 1. The minimum Gasteiger partial charge on any atom is -0.393 e. The third kappa shape index (κ3) is 8.22. The maximum atomic E-state index is 13.4. The van der Waals surface area contributed by atoms with E-state index in [9.17, 15) is 19.1 Å². The first-order valence-corrected chi connectivity index (χ1v) is 12.8. The molecule has 1 aliphatic carbocycles. The molecule has 1 saturated carbocycles. The van der Waals surface area contributed by atoms with Crippen LogP contribution in [-0.2, 0) is 9.59 Å². The van der Waals surface area contributed by atoms with Crippen LogP contribution in [0.3, 0.4) is 0 Å². The number of aliphatic hydroxyl groups is 1. The van der Waals surface area contributed by atoms with Crippen LogP contribution in [0.2, 0.25) is 0 Å². The number of aromatic nitrogens is 2. The lowest BCUT2D eigenvalue weighted by Crippen LogP contribution is -2.29. The number of anilines is 3. The van der Waals surface area contributed by atoms with Crippen LogP contribution in [0.4, 0.5) is 21.7 Å². The van der Waals surface area contributed by atoms with Gasteiger partial charge < -0.3 is 21.1 Å². The Kier molecular flexibility index (Phi) is 9.38. The molecule has 39 heavy (non-hydrogen) atoms. The van der Waals surface area contributed by atoms with Gasteiger partial charge in [0, 0.05) is 30.8 Å². The number of hydrogen-bond donors (Lipinski definition) is 4. The van der Waals surface area contributed by atoms with Crippen molar-refractivity contribution in [2.75, 3.05) is 17.2 Å². The summed E-state index contributed by atoms with van der Waals surface area (Å²) in [5.74, 6) is 6.13. The molecule has 1 aromatic carbocycles. The molecular formula is C30H30FN5O3. The summed E-state index contributed by atoms with van der Waals surface area (Å²) in [5, 5.41) is 18.5. The van der Waals surface area contributed by atoms with E-state index in [1.165, 1.54) is 18.2 Å². The molecule has 2 amide bonds. The zero-order valence-corrected chi connectivity index (χ0v) is 21.4. The molecule has 1 fully saturated rings. The maximum absolute atomic E-state index is 13.4. The monoisotopic (exact) mass is 527 g/mol. The standard InChI is InChI=1S/C30H30FN5O3/c1-2-29(38)33-15-4-3-5-25-17-22(19-28(35-25)34-24-10-8-23(31)9-11-24)21-14-16-32-27(18-21)36-30(39)20-6-12-26(37)13-7-20/h2,8-11,14,16-20,26,37H,1,4,6-7,12-13,15H2,(H,33,38)(H,34,35)(H,32,36,39). The second-order valence-electron chi connectivity index (χ2n) is 9.23. The number of carbonyl (C=O) groups is 2. The van der Waals surface area contributed by atoms with Gasteiger partial charge in [0.2, 0.25) is 11.8 Å². The van der Waals surface area contributed by atoms with Gasteiger partial charge in [0.05, 0.1) is 6.10 Å². The Hall–Kier alpha value is -4.55. The average molecular weight is 528 g/mol. The van der Waals surface area contributed by atoms with Crippen molar-refractivity contribution in [3.05, 3.63) is 78.9 Å². The zero-order chi connectivity index (χ0) is 27.6. The normalized spacial score (nSPS) is 16.4. The van der Waals surface area contributed by atoms with Crippen molar-refractivity contribution in [2.24, 2.45) is 5.92 Å². The Morgan fingerprint density at radius 3 is 2.54 bits per heavy atom. The molecule has 1 aliphatic rings. The molecule has 0 radical (unpaired) electrons. The minimum absolute atomic E-state index is 0.102. The topological polar surface area (TPSA) is 116 Å². The molecule has 0 bridgehead atoms. The number of carbonyl (C=O) groups excluding carboxylic acids is 2. The van der Waals surface area contributed by atoms with Crippen LogP contribution in [-0.4, -0.2) is 39.5 Å². The van der Waals surface area contributed by atoms with Gasteiger partial charge in [-0.1, -0.05) is 12.5 Å². The summed E-state index contributed by atoms with van der Waals surface area (Å²) in [6, 6.07) is 13.2. The van der Waals surface area contributed by atoms with Gasteiger partial charge in [-0.2, -0.15) is 0 Å². The lowest BCUT2D eigenvalue weighted by molar-refractivity contribution is -0.121. The van der Waals surface area contributed by atoms with Crippen molar-refractivity contribution < 1.29 is 19.1 Å². The fourth-order valence-electron chi connectivity index (χ4n) is 4.22. The van der Waals surface area contributed by atoms with Gasteiger partial charge in [-0.15, -0.1) is 0 Å². The van der Waals surface area contributed by atoms with Crippen LogP contribution in [0.1, 0.15) is 37.8 Å². The van der Waals surface area contributed by atoms with Crippen molar-refractivity contribution in [1.82, 2.24) is 15.3 Å². The molecule has 4 rings (SSSR count). The summed E-state index contributed by atoms with van der Waals surface area (Å²) in [6.07, 6.45) is 5.46. The van der Waals surface area contributed by atoms with E-state index in [1.807, 2.05) is 18.2 Å². The van der Waals surface area contributed by atoms with Gasteiger partial charge in [-0.05, 0) is 97.3 Å². The fourth-order valence-corrected chi connectivity index (χ4v) is 4.22. The summed E-state index contributed by atoms with van der Waals surface area (Å²) in [7, 11) is 0. The van der Waals surface area contributed by atoms with Crippen LogP contribution < -0.4 is 16.0 Å². The molecule has 0 aliphatic heterocycles. The molecule has 0 saturated heterocycles. The number of nitrogens with one attached hydrogen (secondary N) is 3. The van der Waals surface area contributed by atoms with Gasteiger partial charge in [0.15, 0.2) is 0 Å². The molecule has 3 aromatic rings. The second kappa shape index (κ2) is 13.3. The number of nitrogens with zero attached hydrogens (tertiary/aromatic N) is 2. The second-order valence-corrected chi connectivity index (χ2v) is 9.23. The third-order valence-corrected chi connectivity index (χ3v) is 6.31. The van der Waals surface area contributed by atoms with E-state index in [0.717, 1.165) is 11.1 Å². The number of benzene rings is 1. The van der Waals surface area contributed by atoms with Gasteiger partial charge in [0.25, 0.3) is 0 Å². The Morgan fingerprint density at radius 1 is 1.05 bits per heavy atom. The van der Waals surface area contributed by atoms with Crippen molar-refractivity contribution in [2.45, 2.75) is 38.2 Å². The SMILES string of the molecule is C=CC(=O)NCCC#Cc1cc(-c2ccnc(NC(=O)C3CCC(O)CC3)c2)cc(Nc2ccc(F)cc2)n1. The lowest BCUT2D eigenvalue weighted by atomic mass is 9.87. The third-order valence-electron chi connectivity index (χ3n) is 6.31. The Balaban J connectivity index is 1.56. The van der Waals surface area contributed by atoms with Crippen LogP contribution in [0, 0.1) is 23.6 Å². The Morgan fingerprint density at radius 2 is 1.79 bits per heavy atom. The highest BCUT2D eigenvalue weighted by Crippen LogP contribution is 2.28. The van der Waals surface area contributed by atoms with E-state index in [4.69, 9.17) is 0 Å². The van der Waals surface area contributed by atoms with Gasteiger partial charge in [-0.3, -0.25) is 9.59 Å². The van der Waals surface area contributed by atoms with E-state index in [0.29, 0.717) is 61.7 Å². The molecular weight excluding hydrogens is 497 g/mol. The van der Waals surface area contributed by atoms with Crippen LogP contribution in [0.5, 0.6) is 0 Å². The molecule has 2 heterocycles. The summed E-state index contributed by atoms with van der Waals surface area (Å²) >= 11 is 0. The van der Waals surface area contributed by atoms with E-state index in [1.54, 1.807) is 24.4 Å². The largest absolute Gasteiger partial charge is 0.393 e. The average Bonchev–Trinajstić information content (AvgIpc) is 2.94. The first-order valence-electron chi connectivity index (χ1n) is 12.8. The smallest absolute Gasteiger partial charge is 0.243 e. The Bertz CT molecular complexity index is 1390. The number of rotatable bonds is 8. The highest BCUT2D eigenvalue weighted by molar-refractivity contribution is 5.92. The van der Waals surface area contributed by atoms with Crippen molar-refractivity contribution in [3.63, 3.8) is 0 Å². The maximum Gasteiger partial charge on any atom is 0.243 e. The first-order chi connectivity index (χ1) is 18.9. The summed E-state index contributed by atoms with van der Waals surface area (Å²) < 4.78 is 13.4. The molecule has 0 atom stereocenters. The molecule has 0 spiro atoms. The van der Waals surface area contributed by atoms with Crippen molar-refractivity contribution in [1.29, 1.82) is 0 Å². The van der Waals surface area contributed by atoms with Crippen LogP contribution in [0.15, 0.2) is 67.4 Å². The van der Waals surface area contributed by atoms with E-state index < -0.39 is 0 Å². The number of hydrogen-bond acceptors (Lipinski definition) is 6. The van der Waals surface area contributed by atoms with Crippen LogP contribution >= 0.6 is 0 Å². The number of pyridine rings is 2. The molecule has 0 unspecified atom stereocenters. The van der Waals surface area contributed by atoms with E-state index in [2.05, 4.69) is 44.3 Å². The fraction of sp³-hybridized carbons (Fsp3) is 0.267. The molecule has 2 aromatic heterocycles. The minimum atomic E-state index is -0.340. The van der Waals surface area contributed by atoms with E-state index >= 15 is 0 Å². The molecule has 4 N–H and O–H groups in total. The molecule has 200 valence electrons. The molecule has 8 nitrogen and oxygen atoms in total. The quantitative estimate of drug-likeness (QED) is 0.194. The summed E-state index contributed by atoms with van der Waals surface area (Å²) in [6.45, 7) is 3.80. The number of aliphatic hydroxyl groups excluding tert-OH is 1. The number of amides is 2. The molecule has 9 heteroatoms. The van der Waals surface area contributed by atoms with Gasteiger partial charge in [0.1, 0.15) is 23.1 Å². The predicted octanol–water partition coefficient (Wildman–Crippen LogP) is 4.56. The first kappa shape index (κ1) is 27.5. The predicted molar refractivity (Wildman–Crippen MR) is 148 cm³/mol. The highest BCUT2D eigenvalue weighted by Gasteiger charge is 2.25. The summed E-state index contributed by atoms with van der Waals surface area (Å²) in [4.78, 5) is 33.0. The van der Waals surface area contributed by atoms with Crippen LogP contribution in [0.25, 0.3) is 11.1 Å². The van der Waals surface area contributed by atoms with Crippen molar-refractivity contribution >= 4 is 29.1 Å².